The lowest BCUT2D eigenvalue weighted by atomic mass is 9.74. The molecule has 2 saturated heterocycles. The number of rotatable bonds is 5. The maximum Gasteiger partial charge on any atom is 0.410 e. The first-order chi connectivity index (χ1) is 19.6. The van der Waals surface area contributed by atoms with Crippen molar-refractivity contribution in [1.29, 1.82) is 0 Å². The summed E-state index contributed by atoms with van der Waals surface area (Å²) in [7, 11) is 1.49. The molecule has 1 amide bonds. The summed E-state index contributed by atoms with van der Waals surface area (Å²) < 4.78 is 30.2. The van der Waals surface area contributed by atoms with E-state index in [1.165, 1.54) is 13.3 Å². The summed E-state index contributed by atoms with van der Waals surface area (Å²) in [6.45, 7) is 6.14. The van der Waals surface area contributed by atoms with Gasteiger partial charge in [-0.2, -0.15) is 0 Å². The van der Waals surface area contributed by atoms with E-state index in [9.17, 15) is 10.3 Å². The molecule has 2 unspecified atom stereocenters. The second-order valence-corrected chi connectivity index (χ2v) is 12.0. The number of carbonyl (C=O) groups is 1. The average molecular weight is 602 g/mol. The number of fused-ring (bicyclic) bond motifs is 1. The summed E-state index contributed by atoms with van der Waals surface area (Å²) in [4.78, 5) is 22.3. The van der Waals surface area contributed by atoms with Gasteiger partial charge in [-0.05, 0) is 43.5 Å². The lowest BCUT2D eigenvalue weighted by Crippen LogP contribution is -2.66. The lowest BCUT2D eigenvalue weighted by molar-refractivity contribution is -0.317. The summed E-state index contributed by atoms with van der Waals surface area (Å²) in [5, 5.41) is 4.71. The Labute approximate surface area is 248 Å². The van der Waals surface area contributed by atoms with E-state index < -0.39 is 47.3 Å². The van der Waals surface area contributed by atoms with E-state index in [-0.39, 0.29) is 13.2 Å². The van der Waals surface area contributed by atoms with Crippen LogP contribution in [-0.4, -0.2) is 72.1 Å². The number of hydrogen-bond donors (Lipinski definition) is 1. The molecule has 0 spiro atoms. The molecule has 2 fully saturated rings. The van der Waals surface area contributed by atoms with Crippen molar-refractivity contribution in [3.8, 4) is 0 Å². The molecule has 0 N–H and O–H groups in total. The first-order valence-electron chi connectivity index (χ1n) is 13.2. The minimum absolute atomic E-state index is 0.152. The van der Waals surface area contributed by atoms with E-state index in [2.05, 4.69) is 27.6 Å². The number of nitrogens with zero attached hydrogens (tertiary/aromatic N) is 5. The molecule has 3 aliphatic rings. The van der Waals surface area contributed by atoms with Crippen molar-refractivity contribution in [2.24, 2.45) is 5.11 Å². The Morgan fingerprint density at radius 1 is 1.29 bits per heavy atom. The Morgan fingerprint density at radius 2 is 2.05 bits per heavy atom. The fraction of sp³-hybridized carbons (Fsp3) is 0.500. The number of ether oxygens (including phenoxy) is 5. The molecule has 0 bridgehead atoms. The van der Waals surface area contributed by atoms with Gasteiger partial charge in [0.25, 0.3) is 0 Å². The second-order valence-electron chi connectivity index (χ2n) is 11.0. The highest BCUT2D eigenvalue weighted by molar-refractivity contribution is 7.80. The molecule has 2 aromatic rings. The number of azide groups is 1. The smallest absolute Gasteiger partial charge is 0.410 e. The number of hydrogen-bond acceptors (Lipinski definition) is 9. The molecule has 11 nitrogen and oxygen atoms in total. The van der Waals surface area contributed by atoms with Crippen molar-refractivity contribution in [1.82, 2.24) is 9.88 Å². The Bertz CT molecular complexity index is 1370. The minimum atomic E-state index is -1.52. The van der Waals surface area contributed by atoms with Gasteiger partial charge in [-0.25, -0.2) is 4.79 Å². The largest absolute Gasteiger partial charge is 0.444 e. The van der Waals surface area contributed by atoms with Crippen molar-refractivity contribution >= 4 is 35.9 Å². The normalized spacial score (nSPS) is 29.8. The Kier molecular flexibility index (Phi) is 8.54. The fourth-order valence-electron chi connectivity index (χ4n) is 5.48. The topological polar surface area (TPSA) is 128 Å². The van der Waals surface area contributed by atoms with Gasteiger partial charge in [0.2, 0.25) is 0 Å². The van der Waals surface area contributed by atoms with Gasteiger partial charge in [-0.3, -0.25) is 4.98 Å². The monoisotopic (exact) mass is 601 g/mol. The van der Waals surface area contributed by atoms with Gasteiger partial charge in [0.05, 0.1) is 23.9 Å². The van der Waals surface area contributed by atoms with Gasteiger partial charge in [-0.15, -0.1) is 12.6 Å². The lowest BCUT2D eigenvalue weighted by Gasteiger charge is -2.54. The predicted octanol–water partition coefficient (Wildman–Crippen LogP) is 5.66. The number of halogens is 1. The number of amides is 1. The van der Waals surface area contributed by atoms with E-state index in [0.29, 0.717) is 22.8 Å². The maximum atomic E-state index is 12.8. The number of methoxy groups -OCH3 is 1. The van der Waals surface area contributed by atoms with E-state index in [4.69, 9.17) is 35.3 Å². The Hall–Kier alpha value is -2.83. The van der Waals surface area contributed by atoms with Gasteiger partial charge in [-0.1, -0.05) is 53.1 Å². The van der Waals surface area contributed by atoms with Crippen LogP contribution in [0.5, 0.6) is 0 Å². The Morgan fingerprint density at radius 3 is 2.73 bits per heavy atom. The summed E-state index contributed by atoms with van der Waals surface area (Å²) in [5.74, 6) is 0. The number of thiol groups is 1. The average Bonchev–Trinajstić information content (AvgIpc) is 3.43. The maximum absolute atomic E-state index is 12.8. The van der Waals surface area contributed by atoms with Crippen LogP contribution in [0, 0.1) is 0 Å². The van der Waals surface area contributed by atoms with Gasteiger partial charge >= 0.3 is 6.09 Å². The van der Waals surface area contributed by atoms with Crippen LogP contribution in [0.3, 0.4) is 0 Å². The molecular formula is C28H32ClN5O6S. The number of pyridine rings is 1. The van der Waals surface area contributed by atoms with Gasteiger partial charge in [0.15, 0.2) is 6.29 Å². The van der Waals surface area contributed by atoms with E-state index in [1.54, 1.807) is 11.0 Å². The molecule has 6 atom stereocenters. The molecule has 218 valence electrons. The number of benzene rings is 1. The van der Waals surface area contributed by atoms with Crippen LogP contribution in [0.4, 0.5) is 4.79 Å². The molecule has 1 aromatic heterocycles. The number of carbonyl (C=O) groups excluding carboxylic acids is 1. The van der Waals surface area contributed by atoms with Crippen LogP contribution >= 0.6 is 24.2 Å². The van der Waals surface area contributed by atoms with Crippen molar-refractivity contribution < 1.29 is 28.5 Å². The summed E-state index contributed by atoms with van der Waals surface area (Å²) in [6, 6.07) is 11.1. The molecule has 1 aromatic carbocycles. The zero-order valence-corrected chi connectivity index (χ0v) is 24.8. The molecule has 0 radical (unpaired) electrons. The van der Waals surface area contributed by atoms with Crippen molar-refractivity contribution in [2.45, 2.75) is 61.9 Å². The summed E-state index contributed by atoms with van der Waals surface area (Å²) in [6.07, 6.45) is -0.227. The predicted molar refractivity (Wildman–Crippen MR) is 154 cm³/mol. The third kappa shape index (κ3) is 5.78. The third-order valence-corrected chi connectivity index (χ3v) is 7.76. The molecule has 4 heterocycles. The van der Waals surface area contributed by atoms with Crippen LogP contribution < -0.4 is 0 Å². The van der Waals surface area contributed by atoms with Crippen LogP contribution in [0.15, 0.2) is 53.8 Å². The fourth-order valence-corrected chi connectivity index (χ4v) is 6.14. The number of aromatic nitrogens is 1. The molecule has 3 aliphatic heterocycles. The van der Waals surface area contributed by atoms with E-state index in [0.717, 1.165) is 11.1 Å². The zero-order valence-electron chi connectivity index (χ0n) is 23.1. The quantitative estimate of drug-likeness (QED) is 0.203. The molecule has 5 rings (SSSR count). The highest BCUT2D eigenvalue weighted by atomic mass is 35.5. The zero-order chi connectivity index (χ0) is 29.4. The standard InChI is InChI=1S/C28H32ClN5O6S/c1-27(2,3)40-26(35)34-11-10-17(14-34)21-19(12-18(29)13-31-21)28(32-33-30)22-20(38-25(41)23(28)36-4)15-37-24(39-22)16-8-6-5-7-9-16/h5-10,12-13,20,22-25,41H,11,14-15H2,1-4H3/t20-,22+,23+,24?,25-,28?/m1/s1. The summed E-state index contributed by atoms with van der Waals surface area (Å²) in [5.41, 5.74) is 9.48. The van der Waals surface area contributed by atoms with E-state index in [1.807, 2.05) is 57.2 Å². The second kappa shape index (κ2) is 11.8. The van der Waals surface area contributed by atoms with Crippen molar-refractivity contribution in [3.05, 3.63) is 81.0 Å². The molecular weight excluding hydrogens is 570 g/mol. The van der Waals surface area contributed by atoms with Crippen molar-refractivity contribution in [3.63, 3.8) is 0 Å². The Balaban J connectivity index is 1.61. The van der Waals surface area contributed by atoms with Crippen LogP contribution in [-0.2, 0) is 29.2 Å². The molecule has 41 heavy (non-hydrogen) atoms. The van der Waals surface area contributed by atoms with Gasteiger partial charge in [0, 0.05) is 30.3 Å². The van der Waals surface area contributed by atoms with Gasteiger partial charge < -0.3 is 28.6 Å². The molecule has 0 saturated carbocycles. The van der Waals surface area contributed by atoms with Crippen molar-refractivity contribution in [2.75, 3.05) is 26.8 Å². The SMILES string of the molecule is CO[C@H]1[C@@H](S)O[C@@H]2COC(c3ccccc3)O[C@@H]2C1(N=[N+]=[N-])c1cc(Cl)cnc1C1=CCN(C(=O)OC(C)(C)C)C1. The summed E-state index contributed by atoms with van der Waals surface area (Å²) >= 11 is 11.2. The highest BCUT2D eigenvalue weighted by Gasteiger charge is 2.61. The highest BCUT2D eigenvalue weighted by Crippen LogP contribution is 2.51. The van der Waals surface area contributed by atoms with Crippen LogP contribution in [0.25, 0.3) is 16.0 Å². The first-order valence-corrected chi connectivity index (χ1v) is 14.0. The first kappa shape index (κ1) is 29.7. The van der Waals surface area contributed by atoms with Crippen LogP contribution in [0.2, 0.25) is 5.02 Å². The van der Waals surface area contributed by atoms with Crippen LogP contribution in [0.1, 0.15) is 43.9 Å². The van der Waals surface area contributed by atoms with E-state index >= 15 is 0 Å². The van der Waals surface area contributed by atoms with Gasteiger partial charge in [0.1, 0.15) is 34.9 Å². The third-order valence-electron chi connectivity index (χ3n) is 7.16. The molecule has 13 heteroatoms. The molecule has 0 aliphatic carbocycles. The minimum Gasteiger partial charge on any atom is -0.444 e.